The Morgan fingerprint density at radius 3 is 2.53 bits per heavy atom. The molecule has 0 radical (unpaired) electrons. The van der Waals surface area contributed by atoms with Gasteiger partial charge in [0.05, 0.1) is 6.54 Å². The maximum absolute atomic E-state index is 12.9. The molecule has 0 aliphatic carbocycles. The van der Waals surface area contributed by atoms with Crippen molar-refractivity contribution in [2.75, 3.05) is 13.1 Å². The summed E-state index contributed by atoms with van der Waals surface area (Å²) in [6, 6.07) is 8.44. The Bertz CT molecular complexity index is 1200. The molecule has 0 bridgehead atoms. The number of fused-ring (bicyclic) bond motifs is 1. The van der Waals surface area contributed by atoms with E-state index in [1.54, 1.807) is 4.68 Å². The van der Waals surface area contributed by atoms with E-state index in [1.807, 2.05) is 4.90 Å². The summed E-state index contributed by atoms with van der Waals surface area (Å²) < 4.78 is 1.69. The number of H-pyrrole nitrogens is 1. The molecule has 1 fully saturated rings. The third-order valence-corrected chi connectivity index (χ3v) is 7.00. The zero-order chi connectivity index (χ0) is 24.5. The van der Waals surface area contributed by atoms with E-state index in [0.29, 0.717) is 24.6 Å². The van der Waals surface area contributed by atoms with Crippen molar-refractivity contribution in [1.82, 2.24) is 29.9 Å². The molecule has 1 aliphatic heterocycles. The van der Waals surface area contributed by atoms with Gasteiger partial charge >= 0.3 is 0 Å². The number of hydrogen-bond acceptors (Lipinski definition) is 5. The second-order valence-corrected chi connectivity index (χ2v) is 10.5. The number of hydrogen-bond donors (Lipinski definition) is 1. The van der Waals surface area contributed by atoms with Crippen molar-refractivity contribution in [2.24, 2.45) is 5.92 Å². The van der Waals surface area contributed by atoms with Crippen LogP contribution in [0, 0.1) is 5.92 Å². The smallest absolute Gasteiger partial charge is 0.281 e. The van der Waals surface area contributed by atoms with Crippen LogP contribution in [0.15, 0.2) is 29.1 Å². The highest BCUT2D eigenvalue weighted by molar-refractivity contribution is 5.79. The lowest BCUT2D eigenvalue weighted by atomic mass is 9.87. The third kappa shape index (κ3) is 4.91. The molecule has 182 valence electrons. The lowest BCUT2D eigenvalue weighted by Gasteiger charge is -2.34. The van der Waals surface area contributed by atoms with Crippen LogP contribution in [0.5, 0.6) is 0 Å². The first-order valence-corrected chi connectivity index (χ1v) is 12.4. The Morgan fingerprint density at radius 1 is 1.18 bits per heavy atom. The van der Waals surface area contributed by atoms with Gasteiger partial charge in [0.25, 0.3) is 5.56 Å². The number of amides is 1. The normalized spacial score (nSPS) is 17.0. The van der Waals surface area contributed by atoms with Crippen LogP contribution in [-0.2, 0) is 16.8 Å². The van der Waals surface area contributed by atoms with E-state index in [-0.39, 0.29) is 34.2 Å². The molecule has 2 aromatic heterocycles. The summed E-state index contributed by atoms with van der Waals surface area (Å²) >= 11 is 0. The molecule has 1 aromatic carbocycles. The van der Waals surface area contributed by atoms with Crippen molar-refractivity contribution < 1.29 is 4.79 Å². The van der Waals surface area contributed by atoms with Crippen LogP contribution >= 0.6 is 0 Å². The number of carbonyl (C=O) groups is 1. The molecule has 3 aromatic rings. The van der Waals surface area contributed by atoms with E-state index < -0.39 is 0 Å². The Morgan fingerprint density at radius 2 is 1.88 bits per heavy atom. The first-order chi connectivity index (χ1) is 16.2. The monoisotopic (exact) mass is 464 g/mol. The molecule has 0 spiro atoms. The van der Waals surface area contributed by atoms with Gasteiger partial charge in [-0.1, -0.05) is 64.1 Å². The van der Waals surface area contributed by atoms with Gasteiger partial charge in [-0.05, 0) is 42.2 Å². The van der Waals surface area contributed by atoms with Gasteiger partial charge in [-0.15, -0.1) is 5.10 Å². The highest BCUT2D eigenvalue weighted by atomic mass is 16.2. The summed E-state index contributed by atoms with van der Waals surface area (Å²) in [5.41, 5.74) is 2.88. The average molecular weight is 465 g/mol. The van der Waals surface area contributed by atoms with E-state index in [1.165, 1.54) is 5.56 Å². The van der Waals surface area contributed by atoms with Gasteiger partial charge in [0.15, 0.2) is 11.2 Å². The van der Waals surface area contributed by atoms with Gasteiger partial charge in [-0.25, -0.2) is 9.67 Å². The topological polar surface area (TPSA) is 96.8 Å². The Kier molecular flexibility index (Phi) is 6.86. The quantitative estimate of drug-likeness (QED) is 0.595. The lowest BCUT2D eigenvalue weighted by molar-refractivity contribution is -0.137. The molecule has 3 heterocycles. The molecule has 1 amide bonds. The van der Waals surface area contributed by atoms with Crippen molar-refractivity contribution in [2.45, 2.75) is 78.2 Å². The molecular weight excluding hydrogens is 428 g/mol. The van der Waals surface area contributed by atoms with E-state index >= 15 is 0 Å². The first-order valence-electron chi connectivity index (χ1n) is 12.4. The van der Waals surface area contributed by atoms with Gasteiger partial charge < -0.3 is 9.88 Å². The fourth-order valence-corrected chi connectivity index (χ4v) is 4.76. The molecule has 4 rings (SSSR count). The number of rotatable bonds is 6. The fourth-order valence-electron chi connectivity index (χ4n) is 4.76. The minimum absolute atomic E-state index is 0.00131. The van der Waals surface area contributed by atoms with Crippen molar-refractivity contribution in [3.05, 3.63) is 51.6 Å². The maximum atomic E-state index is 12.9. The molecule has 1 atom stereocenters. The molecule has 34 heavy (non-hydrogen) atoms. The Hall–Kier alpha value is -3.03. The largest absolute Gasteiger partial charge is 0.342 e. The number of piperidine rings is 1. The van der Waals surface area contributed by atoms with Crippen LogP contribution in [0.2, 0.25) is 0 Å². The predicted octanol–water partition coefficient (Wildman–Crippen LogP) is 4.00. The molecular formula is C26H36N6O2. The third-order valence-electron chi connectivity index (χ3n) is 7.00. The van der Waals surface area contributed by atoms with Crippen molar-refractivity contribution >= 4 is 17.1 Å². The molecule has 1 saturated heterocycles. The zero-order valence-electron chi connectivity index (χ0n) is 21.0. The lowest BCUT2D eigenvalue weighted by Crippen LogP contribution is -2.42. The van der Waals surface area contributed by atoms with E-state index in [9.17, 15) is 9.59 Å². The van der Waals surface area contributed by atoms with Gasteiger partial charge in [-0.2, -0.15) is 0 Å². The highest BCUT2D eigenvalue weighted by Crippen LogP contribution is 2.27. The maximum Gasteiger partial charge on any atom is 0.281 e. The number of nitrogens with one attached hydrogen (secondary N) is 1. The van der Waals surface area contributed by atoms with E-state index in [4.69, 9.17) is 4.98 Å². The van der Waals surface area contributed by atoms with Crippen LogP contribution in [0.3, 0.4) is 0 Å². The Balaban J connectivity index is 1.59. The summed E-state index contributed by atoms with van der Waals surface area (Å²) in [4.78, 5) is 35.4. The van der Waals surface area contributed by atoms with Crippen molar-refractivity contribution in [3.8, 4) is 0 Å². The minimum Gasteiger partial charge on any atom is -0.342 e. The van der Waals surface area contributed by atoms with Crippen molar-refractivity contribution in [3.63, 3.8) is 0 Å². The molecule has 0 unspecified atom stereocenters. The summed E-state index contributed by atoms with van der Waals surface area (Å²) in [5.74, 6) is 0.886. The number of carbonyl (C=O) groups excluding carboxylic acids is 1. The van der Waals surface area contributed by atoms with E-state index in [0.717, 1.165) is 37.8 Å². The van der Waals surface area contributed by atoms with Gasteiger partial charge in [0, 0.05) is 24.9 Å². The minimum atomic E-state index is -0.280. The second-order valence-electron chi connectivity index (χ2n) is 10.5. The molecule has 1 N–H and O–H groups in total. The van der Waals surface area contributed by atoms with Crippen LogP contribution in [-0.4, -0.2) is 48.9 Å². The van der Waals surface area contributed by atoms with Crippen LogP contribution in [0.4, 0.5) is 0 Å². The summed E-state index contributed by atoms with van der Waals surface area (Å²) in [7, 11) is 0. The number of aromatic amines is 1. The number of aromatic nitrogens is 5. The highest BCUT2D eigenvalue weighted by Gasteiger charge is 2.30. The average Bonchev–Trinajstić information content (AvgIpc) is 3.23. The van der Waals surface area contributed by atoms with Gasteiger partial charge in [0.2, 0.25) is 5.91 Å². The van der Waals surface area contributed by atoms with Crippen LogP contribution < -0.4 is 5.56 Å². The molecule has 8 nitrogen and oxygen atoms in total. The van der Waals surface area contributed by atoms with E-state index in [2.05, 4.69) is 74.2 Å². The van der Waals surface area contributed by atoms with Gasteiger partial charge in [-0.3, -0.25) is 9.59 Å². The number of nitrogens with zero attached hydrogens (tertiary/aromatic N) is 5. The summed E-state index contributed by atoms with van der Waals surface area (Å²) in [6.07, 6.45) is 3.48. The van der Waals surface area contributed by atoms with Crippen LogP contribution in [0.1, 0.15) is 83.2 Å². The zero-order valence-corrected chi connectivity index (χ0v) is 21.0. The molecule has 1 aliphatic rings. The standard InChI is InChI=1S/C26H36N6O2/c1-6-18(7-2)25(34)31-14-8-9-19(16-31)22-27-23-21(24(33)28-22)29-30-32(23)15-17-10-12-20(13-11-17)26(3,4)5/h10-13,18-19H,6-9,14-16H2,1-5H3,(H,27,28,33)/t19-/m1/s1. The fraction of sp³-hybridized carbons (Fsp3) is 0.577. The first kappa shape index (κ1) is 24.1. The van der Waals surface area contributed by atoms with Gasteiger partial charge in [0.1, 0.15) is 5.82 Å². The second kappa shape index (κ2) is 9.68. The number of benzene rings is 1. The summed E-state index contributed by atoms with van der Waals surface area (Å²) in [6.45, 7) is 12.5. The Labute approximate surface area is 200 Å². The molecule has 0 saturated carbocycles. The summed E-state index contributed by atoms with van der Waals surface area (Å²) in [5, 5.41) is 8.31. The van der Waals surface area contributed by atoms with Crippen molar-refractivity contribution in [1.29, 1.82) is 0 Å². The SMILES string of the molecule is CCC(CC)C(=O)N1CCC[C@@H](c2nc3c(nnn3Cc3ccc(C(C)(C)C)cc3)c(=O)[nH]2)C1. The predicted molar refractivity (Wildman–Crippen MR) is 133 cm³/mol. The van der Waals surface area contributed by atoms with Crippen LogP contribution in [0.25, 0.3) is 11.2 Å². The number of likely N-dealkylation sites (tertiary alicyclic amines) is 1. The molecule has 8 heteroatoms.